The van der Waals surface area contributed by atoms with Gasteiger partial charge in [0.25, 0.3) is 0 Å². The van der Waals surface area contributed by atoms with Crippen LogP contribution in [0.25, 0.3) is 0 Å². The summed E-state index contributed by atoms with van der Waals surface area (Å²) in [4.78, 5) is 26.0. The molecule has 1 aromatic rings. The summed E-state index contributed by atoms with van der Waals surface area (Å²) in [5.74, 6) is 0.467. The van der Waals surface area contributed by atoms with Gasteiger partial charge in [-0.05, 0) is 38.0 Å². The molecule has 1 aliphatic heterocycles. The molecule has 0 radical (unpaired) electrons. The van der Waals surface area contributed by atoms with Gasteiger partial charge in [-0.1, -0.05) is 12.1 Å². The zero-order valence-corrected chi connectivity index (χ0v) is 12.8. The van der Waals surface area contributed by atoms with Crippen molar-refractivity contribution < 1.29 is 14.3 Å². The van der Waals surface area contributed by atoms with Crippen LogP contribution in [0.2, 0.25) is 0 Å². The van der Waals surface area contributed by atoms with Gasteiger partial charge in [0, 0.05) is 20.1 Å². The largest absolute Gasteiger partial charge is 0.494 e. The number of rotatable bonds is 5. The van der Waals surface area contributed by atoms with E-state index in [4.69, 9.17) is 4.74 Å². The SMILES string of the molecule is CCOc1cccc(CNC(=O)[C@]2(C)CCN(C)C2=O)c1. The minimum atomic E-state index is -0.938. The van der Waals surface area contributed by atoms with Crippen LogP contribution in [0.1, 0.15) is 25.8 Å². The Morgan fingerprint density at radius 3 is 2.86 bits per heavy atom. The number of hydrogen-bond donors (Lipinski definition) is 1. The smallest absolute Gasteiger partial charge is 0.237 e. The Labute approximate surface area is 125 Å². The van der Waals surface area contributed by atoms with Gasteiger partial charge in [-0.3, -0.25) is 9.59 Å². The maximum Gasteiger partial charge on any atom is 0.237 e. The fourth-order valence-electron chi connectivity index (χ4n) is 2.52. The first kappa shape index (κ1) is 15.4. The van der Waals surface area contributed by atoms with E-state index in [9.17, 15) is 9.59 Å². The molecular weight excluding hydrogens is 268 g/mol. The van der Waals surface area contributed by atoms with Gasteiger partial charge in [0.05, 0.1) is 6.61 Å². The molecule has 0 aromatic heterocycles. The van der Waals surface area contributed by atoms with Gasteiger partial charge in [0.2, 0.25) is 11.8 Å². The van der Waals surface area contributed by atoms with Crippen molar-refractivity contribution in [3.8, 4) is 5.75 Å². The molecule has 0 aliphatic carbocycles. The van der Waals surface area contributed by atoms with Crippen molar-refractivity contribution in [1.29, 1.82) is 0 Å². The van der Waals surface area contributed by atoms with Crippen LogP contribution >= 0.6 is 0 Å². The first-order chi connectivity index (χ1) is 9.97. The van der Waals surface area contributed by atoms with Crippen molar-refractivity contribution in [3.05, 3.63) is 29.8 Å². The predicted molar refractivity (Wildman–Crippen MR) is 79.8 cm³/mol. The number of nitrogens with zero attached hydrogens (tertiary/aromatic N) is 1. The van der Waals surface area contributed by atoms with E-state index in [-0.39, 0.29) is 11.8 Å². The molecule has 0 unspecified atom stereocenters. The zero-order chi connectivity index (χ0) is 15.5. The van der Waals surface area contributed by atoms with Gasteiger partial charge in [-0.2, -0.15) is 0 Å². The highest BCUT2D eigenvalue weighted by Gasteiger charge is 2.47. The Kier molecular flexibility index (Phi) is 4.50. The molecule has 1 N–H and O–H groups in total. The Morgan fingerprint density at radius 2 is 2.24 bits per heavy atom. The second kappa shape index (κ2) is 6.16. The molecule has 0 spiro atoms. The van der Waals surface area contributed by atoms with Gasteiger partial charge in [-0.25, -0.2) is 0 Å². The Hall–Kier alpha value is -2.04. The van der Waals surface area contributed by atoms with E-state index >= 15 is 0 Å². The molecule has 1 aromatic carbocycles. The van der Waals surface area contributed by atoms with E-state index in [1.807, 2.05) is 31.2 Å². The van der Waals surface area contributed by atoms with Crippen LogP contribution in [0.3, 0.4) is 0 Å². The topological polar surface area (TPSA) is 58.6 Å². The van der Waals surface area contributed by atoms with Gasteiger partial charge < -0.3 is 15.0 Å². The van der Waals surface area contributed by atoms with E-state index in [0.717, 1.165) is 11.3 Å². The summed E-state index contributed by atoms with van der Waals surface area (Å²) in [5, 5.41) is 2.86. The number of benzene rings is 1. The van der Waals surface area contributed by atoms with Crippen molar-refractivity contribution in [3.63, 3.8) is 0 Å². The summed E-state index contributed by atoms with van der Waals surface area (Å²) in [7, 11) is 1.73. The van der Waals surface area contributed by atoms with Gasteiger partial charge in [-0.15, -0.1) is 0 Å². The second-order valence-corrected chi connectivity index (χ2v) is 5.57. The molecule has 1 aliphatic rings. The first-order valence-corrected chi connectivity index (χ1v) is 7.23. The highest BCUT2D eigenvalue weighted by atomic mass is 16.5. The highest BCUT2D eigenvalue weighted by Crippen LogP contribution is 2.30. The molecule has 1 heterocycles. The lowest BCUT2D eigenvalue weighted by Gasteiger charge is -2.21. The molecule has 0 saturated carbocycles. The third-order valence-corrected chi connectivity index (χ3v) is 3.93. The lowest BCUT2D eigenvalue weighted by molar-refractivity contribution is -0.143. The Balaban J connectivity index is 1.98. The lowest BCUT2D eigenvalue weighted by Crippen LogP contribution is -2.43. The highest BCUT2D eigenvalue weighted by molar-refractivity contribution is 6.05. The molecule has 0 bridgehead atoms. The van der Waals surface area contributed by atoms with Gasteiger partial charge >= 0.3 is 0 Å². The van der Waals surface area contributed by atoms with E-state index in [2.05, 4.69) is 5.32 Å². The monoisotopic (exact) mass is 290 g/mol. The summed E-state index contributed by atoms with van der Waals surface area (Å²) < 4.78 is 5.43. The summed E-state index contributed by atoms with van der Waals surface area (Å²) in [6.07, 6.45) is 0.563. The number of ether oxygens (including phenoxy) is 1. The van der Waals surface area contributed by atoms with Crippen LogP contribution in [0.4, 0.5) is 0 Å². The summed E-state index contributed by atoms with van der Waals surface area (Å²) in [6.45, 7) is 5.27. The van der Waals surface area contributed by atoms with Gasteiger partial charge in [0.15, 0.2) is 0 Å². The lowest BCUT2D eigenvalue weighted by atomic mass is 9.88. The summed E-state index contributed by atoms with van der Waals surface area (Å²) in [5.41, 5.74) is 0.0171. The number of amides is 2. The maximum absolute atomic E-state index is 12.3. The number of carbonyl (C=O) groups is 2. The predicted octanol–water partition coefficient (Wildman–Crippen LogP) is 1.57. The van der Waals surface area contributed by atoms with Crippen LogP contribution in [0.5, 0.6) is 5.75 Å². The van der Waals surface area contributed by atoms with E-state index in [1.54, 1.807) is 18.9 Å². The molecular formula is C16H22N2O3. The fourth-order valence-corrected chi connectivity index (χ4v) is 2.52. The Bertz CT molecular complexity index is 544. The average molecular weight is 290 g/mol. The minimum Gasteiger partial charge on any atom is -0.494 e. The maximum atomic E-state index is 12.3. The van der Waals surface area contributed by atoms with Crippen LogP contribution in [0.15, 0.2) is 24.3 Å². The number of nitrogens with one attached hydrogen (secondary N) is 1. The standard InChI is InChI=1S/C16H22N2O3/c1-4-21-13-7-5-6-12(10-13)11-17-14(19)16(2)8-9-18(3)15(16)20/h5-7,10H,4,8-9,11H2,1-3H3,(H,17,19)/t16-/m0/s1. The summed E-state index contributed by atoms with van der Waals surface area (Å²) in [6, 6.07) is 7.59. The molecule has 21 heavy (non-hydrogen) atoms. The Morgan fingerprint density at radius 1 is 1.48 bits per heavy atom. The second-order valence-electron chi connectivity index (χ2n) is 5.57. The van der Waals surface area contributed by atoms with Crippen molar-refractivity contribution in [2.45, 2.75) is 26.8 Å². The third-order valence-electron chi connectivity index (χ3n) is 3.93. The summed E-state index contributed by atoms with van der Waals surface area (Å²) >= 11 is 0. The minimum absolute atomic E-state index is 0.108. The molecule has 5 heteroatoms. The average Bonchev–Trinajstić information content (AvgIpc) is 2.74. The third kappa shape index (κ3) is 3.17. The van der Waals surface area contributed by atoms with E-state index < -0.39 is 5.41 Å². The van der Waals surface area contributed by atoms with Crippen molar-refractivity contribution in [2.24, 2.45) is 5.41 Å². The molecule has 2 amide bonds. The number of carbonyl (C=O) groups excluding carboxylic acids is 2. The quantitative estimate of drug-likeness (QED) is 0.837. The van der Waals surface area contributed by atoms with Crippen molar-refractivity contribution in [2.75, 3.05) is 20.2 Å². The van der Waals surface area contributed by atoms with Gasteiger partial charge in [0.1, 0.15) is 11.2 Å². The molecule has 1 saturated heterocycles. The van der Waals surface area contributed by atoms with Crippen molar-refractivity contribution >= 4 is 11.8 Å². The van der Waals surface area contributed by atoms with Crippen LogP contribution in [0, 0.1) is 5.41 Å². The van der Waals surface area contributed by atoms with Crippen LogP contribution in [-0.2, 0) is 16.1 Å². The molecule has 1 atom stereocenters. The van der Waals surface area contributed by atoms with E-state index in [1.165, 1.54) is 0 Å². The normalized spacial score (nSPS) is 21.5. The van der Waals surface area contributed by atoms with E-state index in [0.29, 0.717) is 26.1 Å². The van der Waals surface area contributed by atoms with Crippen LogP contribution in [-0.4, -0.2) is 36.9 Å². The van der Waals surface area contributed by atoms with Crippen LogP contribution < -0.4 is 10.1 Å². The molecule has 5 nitrogen and oxygen atoms in total. The van der Waals surface area contributed by atoms with Crippen molar-refractivity contribution in [1.82, 2.24) is 10.2 Å². The molecule has 1 fully saturated rings. The molecule has 114 valence electrons. The first-order valence-electron chi connectivity index (χ1n) is 7.23. The number of hydrogen-bond acceptors (Lipinski definition) is 3. The zero-order valence-electron chi connectivity index (χ0n) is 12.8. The fraction of sp³-hybridized carbons (Fsp3) is 0.500. The number of likely N-dealkylation sites (tertiary alicyclic amines) is 1. The molecule has 2 rings (SSSR count).